The van der Waals surface area contributed by atoms with Crippen LogP contribution in [0, 0.1) is 6.92 Å². The van der Waals surface area contributed by atoms with E-state index >= 15 is 0 Å². The molecule has 0 unspecified atom stereocenters. The Kier molecular flexibility index (Phi) is 7.92. The van der Waals surface area contributed by atoms with E-state index in [9.17, 15) is 14.4 Å². The van der Waals surface area contributed by atoms with Crippen LogP contribution in [0.25, 0.3) is 0 Å². The summed E-state index contributed by atoms with van der Waals surface area (Å²) in [5, 5.41) is 2.60. The van der Waals surface area contributed by atoms with Crippen molar-refractivity contribution in [1.82, 2.24) is 30.5 Å². The van der Waals surface area contributed by atoms with Crippen molar-refractivity contribution in [1.29, 1.82) is 0 Å². The maximum absolute atomic E-state index is 12.4. The molecular weight excluding hydrogens is 396 g/mol. The lowest BCUT2D eigenvalue weighted by Crippen LogP contribution is -2.54. The second-order valence-corrected chi connectivity index (χ2v) is 8.14. The number of hydrazine groups is 1. The van der Waals surface area contributed by atoms with Crippen molar-refractivity contribution in [2.75, 3.05) is 65.6 Å². The minimum absolute atomic E-state index is 0.126. The number of aromatic nitrogens is 1. The molecule has 2 aliphatic heterocycles. The number of piperazine rings is 1. The molecule has 160 valence electrons. The van der Waals surface area contributed by atoms with Crippen LogP contribution < -0.4 is 10.9 Å². The summed E-state index contributed by atoms with van der Waals surface area (Å²) in [6.07, 6.45) is 0.142. The summed E-state index contributed by atoms with van der Waals surface area (Å²) in [6, 6.07) is 0. The smallest absolute Gasteiger partial charge is 0.252 e. The number of rotatable bonds is 6. The molecule has 11 heteroatoms. The fourth-order valence-electron chi connectivity index (χ4n) is 3.25. The third kappa shape index (κ3) is 7.03. The monoisotopic (exact) mass is 424 g/mol. The summed E-state index contributed by atoms with van der Waals surface area (Å²) in [6.45, 7) is 7.89. The highest BCUT2D eigenvalue weighted by Crippen LogP contribution is 2.09. The Balaban J connectivity index is 1.30. The van der Waals surface area contributed by atoms with Gasteiger partial charge in [-0.25, -0.2) is 4.98 Å². The van der Waals surface area contributed by atoms with Gasteiger partial charge in [0.15, 0.2) is 0 Å². The molecule has 2 fully saturated rings. The number of aryl methyl sites for hydroxylation is 1. The average molecular weight is 425 g/mol. The number of ether oxygens (including phenoxy) is 1. The van der Waals surface area contributed by atoms with E-state index in [0.29, 0.717) is 50.9 Å². The molecule has 0 aliphatic carbocycles. The minimum Gasteiger partial charge on any atom is -0.379 e. The van der Waals surface area contributed by atoms with Crippen LogP contribution in [0.3, 0.4) is 0 Å². The molecule has 0 aromatic carbocycles. The van der Waals surface area contributed by atoms with Gasteiger partial charge in [-0.3, -0.25) is 35.0 Å². The number of hydrogen-bond donors (Lipinski definition) is 2. The molecule has 2 saturated heterocycles. The number of thiazole rings is 1. The summed E-state index contributed by atoms with van der Waals surface area (Å²) >= 11 is 1.42. The molecule has 0 spiro atoms. The van der Waals surface area contributed by atoms with E-state index in [1.54, 1.807) is 0 Å². The van der Waals surface area contributed by atoms with Gasteiger partial charge in [0.25, 0.3) is 5.91 Å². The Hall–Kier alpha value is -2.08. The molecule has 1 aromatic rings. The Labute approximate surface area is 174 Å². The molecule has 29 heavy (non-hydrogen) atoms. The first kappa shape index (κ1) is 21.6. The highest BCUT2D eigenvalue weighted by Gasteiger charge is 2.24. The Morgan fingerprint density at radius 2 is 1.66 bits per heavy atom. The maximum atomic E-state index is 12.4. The van der Waals surface area contributed by atoms with Crippen molar-refractivity contribution in [3.8, 4) is 0 Å². The first-order chi connectivity index (χ1) is 14.0. The summed E-state index contributed by atoms with van der Waals surface area (Å²) < 4.78 is 5.30. The molecule has 10 nitrogen and oxygen atoms in total. The van der Waals surface area contributed by atoms with Crippen molar-refractivity contribution in [2.45, 2.75) is 13.3 Å². The first-order valence-corrected chi connectivity index (χ1v) is 10.7. The van der Waals surface area contributed by atoms with Gasteiger partial charge in [0.1, 0.15) is 5.01 Å². The maximum Gasteiger partial charge on any atom is 0.252 e. The molecule has 3 rings (SSSR count). The second-order valence-electron chi connectivity index (χ2n) is 7.20. The lowest BCUT2D eigenvalue weighted by Gasteiger charge is -2.36. The lowest BCUT2D eigenvalue weighted by atomic mass is 10.3. The predicted octanol–water partition coefficient (Wildman–Crippen LogP) is -1.38. The number of morpholine rings is 1. The number of carbonyl (C=O) groups excluding carboxylic acids is 3. The van der Waals surface area contributed by atoms with Gasteiger partial charge in [-0.1, -0.05) is 0 Å². The van der Waals surface area contributed by atoms with Crippen molar-refractivity contribution in [3.63, 3.8) is 0 Å². The summed E-state index contributed by atoms with van der Waals surface area (Å²) in [5.74, 6) is -0.450. The van der Waals surface area contributed by atoms with Crippen molar-refractivity contribution in [3.05, 3.63) is 16.1 Å². The zero-order valence-corrected chi connectivity index (χ0v) is 17.5. The normalized spacial score (nSPS) is 18.4. The van der Waals surface area contributed by atoms with Crippen LogP contribution in [0.2, 0.25) is 0 Å². The van der Waals surface area contributed by atoms with Crippen LogP contribution in [0.1, 0.15) is 10.7 Å². The number of hydrogen-bond acceptors (Lipinski definition) is 8. The number of amides is 3. The molecule has 1 aromatic heterocycles. The van der Waals surface area contributed by atoms with E-state index in [1.165, 1.54) is 11.3 Å². The number of carbonyl (C=O) groups is 3. The molecule has 2 aliphatic rings. The largest absolute Gasteiger partial charge is 0.379 e. The van der Waals surface area contributed by atoms with Crippen molar-refractivity contribution in [2.24, 2.45) is 0 Å². The topological polar surface area (TPSA) is 107 Å². The first-order valence-electron chi connectivity index (χ1n) is 9.78. The fourth-order valence-corrected chi connectivity index (χ4v) is 4.02. The molecule has 3 heterocycles. The minimum atomic E-state index is -0.300. The molecular formula is C18H28N6O4S. The van der Waals surface area contributed by atoms with Gasteiger partial charge < -0.3 is 9.64 Å². The zero-order valence-electron chi connectivity index (χ0n) is 16.7. The summed E-state index contributed by atoms with van der Waals surface area (Å²) in [5.41, 5.74) is 5.75. The van der Waals surface area contributed by atoms with Crippen LogP contribution >= 0.6 is 11.3 Å². The molecule has 0 bridgehead atoms. The third-order valence-electron chi connectivity index (χ3n) is 4.87. The van der Waals surface area contributed by atoms with E-state index in [0.717, 1.165) is 18.8 Å². The van der Waals surface area contributed by atoms with E-state index in [4.69, 9.17) is 4.74 Å². The second kappa shape index (κ2) is 10.6. The van der Waals surface area contributed by atoms with E-state index in [1.807, 2.05) is 22.1 Å². The van der Waals surface area contributed by atoms with Crippen LogP contribution in [-0.4, -0.2) is 103 Å². The lowest BCUT2D eigenvalue weighted by molar-refractivity contribution is -0.135. The van der Waals surface area contributed by atoms with Crippen molar-refractivity contribution >= 4 is 29.1 Å². The van der Waals surface area contributed by atoms with Gasteiger partial charge in [-0.15, -0.1) is 11.3 Å². The van der Waals surface area contributed by atoms with Gasteiger partial charge in [0.05, 0.1) is 32.7 Å². The standard InChI is InChI=1S/C18H28N6O4S/c1-14-13-29-17(19-14)10-15(25)20-21-16(26)11-22-2-4-24(5-3-22)18(27)12-23-6-8-28-9-7-23/h13H,2-12H2,1H3,(H,20,25)(H,21,26). The quantitative estimate of drug-likeness (QED) is 0.542. The van der Waals surface area contributed by atoms with Crippen LogP contribution in [0.5, 0.6) is 0 Å². The molecule has 0 atom stereocenters. The average Bonchev–Trinajstić information content (AvgIpc) is 3.12. The van der Waals surface area contributed by atoms with Gasteiger partial charge in [0.2, 0.25) is 11.8 Å². The summed E-state index contributed by atoms with van der Waals surface area (Å²) in [7, 11) is 0. The van der Waals surface area contributed by atoms with Gasteiger partial charge >= 0.3 is 0 Å². The molecule has 0 radical (unpaired) electrons. The van der Waals surface area contributed by atoms with E-state index < -0.39 is 0 Å². The van der Waals surface area contributed by atoms with Crippen LogP contribution in [0.15, 0.2) is 5.38 Å². The highest BCUT2D eigenvalue weighted by atomic mass is 32.1. The van der Waals surface area contributed by atoms with E-state index in [-0.39, 0.29) is 30.7 Å². The van der Waals surface area contributed by atoms with Crippen LogP contribution in [-0.2, 0) is 25.5 Å². The van der Waals surface area contributed by atoms with Gasteiger partial charge in [-0.05, 0) is 6.92 Å². The van der Waals surface area contributed by atoms with Crippen molar-refractivity contribution < 1.29 is 19.1 Å². The zero-order chi connectivity index (χ0) is 20.6. The molecule has 2 N–H and O–H groups in total. The number of nitrogens with one attached hydrogen (secondary N) is 2. The predicted molar refractivity (Wildman–Crippen MR) is 107 cm³/mol. The number of nitrogens with zero attached hydrogens (tertiary/aromatic N) is 4. The van der Waals surface area contributed by atoms with Gasteiger partial charge in [0, 0.05) is 50.3 Å². The highest BCUT2D eigenvalue weighted by molar-refractivity contribution is 7.09. The molecule has 0 saturated carbocycles. The third-order valence-corrected chi connectivity index (χ3v) is 5.84. The summed E-state index contributed by atoms with van der Waals surface area (Å²) in [4.78, 5) is 46.5. The van der Waals surface area contributed by atoms with Crippen LogP contribution in [0.4, 0.5) is 0 Å². The molecule has 3 amide bonds. The SMILES string of the molecule is Cc1csc(CC(=O)NNC(=O)CN2CCN(C(=O)CN3CCOCC3)CC2)n1. The fraction of sp³-hybridized carbons (Fsp3) is 0.667. The van der Waals surface area contributed by atoms with E-state index in [2.05, 4.69) is 20.7 Å². The Morgan fingerprint density at radius 3 is 2.31 bits per heavy atom. The Bertz CT molecular complexity index is 713. The Morgan fingerprint density at radius 1 is 1.00 bits per heavy atom. The van der Waals surface area contributed by atoms with Gasteiger partial charge in [-0.2, -0.15) is 0 Å².